The maximum Gasteiger partial charge on any atom is 0.262 e. The van der Waals surface area contributed by atoms with Crippen LogP contribution in [0.1, 0.15) is 34.6 Å². The molecule has 0 saturated heterocycles. The first-order chi connectivity index (χ1) is 11.6. The molecule has 0 spiro atoms. The van der Waals surface area contributed by atoms with Gasteiger partial charge >= 0.3 is 0 Å². The van der Waals surface area contributed by atoms with Gasteiger partial charge < -0.3 is 10.2 Å². The zero-order valence-corrected chi connectivity index (χ0v) is 14.8. The number of carbonyl (C=O) groups is 2. The summed E-state index contributed by atoms with van der Waals surface area (Å²) in [6.45, 7) is 5.26. The molecule has 1 N–H and O–H groups in total. The fourth-order valence-electron chi connectivity index (χ4n) is 3.01. The summed E-state index contributed by atoms with van der Waals surface area (Å²) in [5.41, 5.74) is 2.51. The Balaban J connectivity index is 1.72. The third-order valence-electron chi connectivity index (χ3n) is 4.41. The van der Waals surface area contributed by atoms with Crippen LogP contribution >= 0.6 is 11.3 Å². The SMILES string of the molecule is CC(C)[C@@H](NC(=O)c1cccs1)C(=O)N1CCc2ccccc2C1. The topological polar surface area (TPSA) is 49.4 Å². The third kappa shape index (κ3) is 3.51. The summed E-state index contributed by atoms with van der Waals surface area (Å²) in [5, 5.41) is 4.78. The van der Waals surface area contributed by atoms with Gasteiger partial charge in [0.15, 0.2) is 0 Å². The quantitative estimate of drug-likeness (QED) is 0.928. The average Bonchev–Trinajstić information content (AvgIpc) is 3.13. The second-order valence-corrected chi connectivity index (χ2v) is 7.40. The first kappa shape index (κ1) is 16.7. The molecule has 0 fully saturated rings. The van der Waals surface area contributed by atoms with Crippen LogP contribution in [0, 0.1) is 5.92 Å². The summed E-state index contributed by atoms with van der Waals surface area (Å²) in [5.74, 6) is -0.127. The number of fused-ring (bicyclic) bond motifs is 1. The van der Waals surface area contributed by atoms with Gasteiger partial charge in [0.05, 0.1) is 4.88 Å². The van der Waals surface area contributed by atoms with Crippen LogP contribution in [-0.4, -0.2) is 29.3 Å². The Labute approximate surface area is 146 Å². The largest absolute Gasteiger partial charge is 0.339 e. The van der Waals surface area contributed by atoms with Gasteiger partial charge in [-0.25, -0.2) is 0 Å². The molecule has 0 bridgehead atoms. The van der Waals surface area contributed by atoms with Crippen molar-refractivity contribution < 1.29 is 9.59 Å². The standard InChI is InChI=1S/C19H22N2O2S/c1-13(2)17(20-18(22)16-8-5-11-24-16)19(23)21-10-9-14-6-3-4-7-15(14)12-21/h3-8,11,13,17H,9-10,12H2,1-2H3,(H,20,22)/t17-/m1/s1. The van der Waals surface area contributed by atoms with E-state index in [2.05, 4.69) is 17.4 Å². The summed E-state index contributed by atoms with van der Waals surface area (Å²) in [6, 6.07) is 11.4. The van der Waals surface area contributed by atoms with Gasteiger partial charge in [-0.2, -0.15) is 0 Å². The minimum atomic E-state index is -0.495. The van der Waals surface area contributed by atoms with E-state index < -0.39 is 6.04 Å². The number of rotatable bonds is 4. The van der Waals surface area contributed by atoms with Crippen LogP contribution in [0.4, 0.5) is 0 Å². The van der Waals surface area contributed by atoms with Crippen molar-refractivity contribution in [2.75, 3.05) is 6.54 Å². The van der Waals surface area contributed by atoms with Crippen molar-refractivity contribution in [3.63, 3.8) is 0 Å². The third-order valence-corrected chi connectivity index (χ3v) is 5.28. The highest BCUT2D eigenvalue weighted by molar-refractivity contribution is 7.12. The van der Waals surface area contributed by atoms with Crippen molar-refractivity contribution >= 4 is 23.2 Å². The summed E-state index contributed by atoms with van der Waals surface area (Å²) in [7, 11) is 0. The molecule has 0 unspecified atom stereocenters. The van der Waals surface area contributed by atoms with Gasteiger partial charge in [-0.3, -0.25) is 9.59 Å². The number of amides is 2. The number of hydrogen-bond acceptors (Lipinski definition) is 3. The van der Waals surface area contributed by atoms with Gasteiger partial charge in [-0.05, 0) is 34.9 Å². The van der Waals surface area contributed by atoms with E-state index in [1.807, 2.05) is 42.3 Å². The molecule has 126 valence electrons. The molecule has 1 aliphatic rings. The van der Waals surface area contributed by atoms with Crippen LogP contribution in [0.15, 0.2) is 41.8 Å². The zero-order chi connectivity index (χ0) is 17.1. The highest BCUT2D eigenvalue weighted by Crippen LogP contribution is 2.20. The molecule has 1 aromatic heterocycles. The molecule has 2 aromatic rings. The number of benzene rings is 1. The molecule has 1 aliphatic heterocycles. The van der Waals surface area contributed by atoms with Gasteiger partial charge in [0, 0.05) is 13.1 Å². The lowest BCUT2D eigenvalue weighted by atomic mass is 9.97. The maximum atomic E-state index is 13.0. The van der Waals surface area contributed by atoms with E-state index in [0.717, 1.165) is 6.42 Å². The van der Waals surface area contributed by atoms with Gasteiger partial charge in [-0.1, -0.05) is 44.2 Å². The molecule has 0 radical (unpaired) electrons. The van der Waals surface area contributed by atoms with Crippen molar-refractivity contribution in [2.45, 2.75) is 32.9 Å². The second-order valence-electron chi connectivity index (χ2n) is 6.45. The summed E-state index contributed by atoms with van der Waals surface area (Å²) in [4.78, 5) is 27.8. The van der Waals surface area contributed by atoms with E-state index >= 15 is 0 Å². The number of hydrogen-bond donors (Lipinski definition) is 1. The van der Waals surface area contributed by atoms with E-state index in [0.29, 0.717) is 18.0 Å². The summed E-state index contributed by atoms with van der Waals surface area (Å²) in [6.07, 6.45) is 0.867. The highest BCUT2D eigenvalue weighted by Gasteiger charge is 2.30. The molecule has 2 amide bonds. The number of carbonyl (C=O) groups excluding carboxylic acids is 2. The Morgan fingerprint density at radius 1 is 1.12 bits per heavy atom. The van der Waals surface area contributed by atoms with Gasteiger partial charge in [0.2, 0.25) is 5.91 Å². The molecule has 2 heterocycles. The normalized spacial score (nSPS) is 15.0. The van der Waals surface area contributed by atoms with Crippen LogP contribution in [0.3, 0.4) is 0 Å². The minimum absolute atomic E-state index is 0.00408. The first-order valence-corrected chi connectivity index (χ1v) is 9.14. The van der Waals surface area contributed by atoms with E-state index in [1.54, 1.807) is 6.07 Å². The van der Waals surface area contributed by atoms with E-state index in [1.165, 1.54) is 22.5 Å². The van der Waals surface area contributed by atoms with E-state index in [-0.39, 0.29) is 17.7 Å². The monoisotopic (exact) mass is 342 g/mol. The number of thiophene rings is 1. The molecular formula is C19H22N2O2S. The average molecular weight is 342 g/mol. The molecule has 24 heavy (non-hydrogen) atoms. The van der Waals surface area contributed by atoms with Crippen LogP contribution in [0.25, 0.3) is 0 Å². The zero-order valence-electron chi connectivity index (χ0n) is 14.0. The number of nitrogens with zero attached hydrogens (tertiary/aromatic N) is 1. The lowest BCUT2D eigenvalue weighted by Crippen LogP contribution is -2.52. The van der Waals surface area contributed by atoms with Crippen molar-refractivity contribution in [3.05, 3.63) is 57.8 Å². The van der Waals surface area contributed by atoms with E-state index in [4.69, 9.17) is 0 Å². The first-order valence-electron chi connectivity index (χ1n) is 8.26. The maximum absolute atomic E-state index is 13.0. The van der Waals surface area contributed by atoms with E-state index in [9.17, 15) is 9.59 Å². The smallest absolute Gasteiger partial charge is 0.262 e. The molecule has 0 saturated carbocycles. The Bertz CT molecular complexity index is 725. The Morgan fingerprint density at radius 2 is 1.88 bits per heavy atom. The van der Waals surface area contributed by atoms with Crippen molar-refractivity contribution in [2.24, 2.45) is 5.92 Å². The summed E-state index contributed by atoms with van der Waals surface area (Å²) < 4.78 is 0. The van der Waals surface area contributed by atoms with Crippen LogP contribution in [0.5, 0.6) is 0 Å². The molecule has 1 atom stereocenters. The molecule has 3 rings (SSSR count). The van der Waals surface area contributed by atoms with Crippen molar-refractivity contribution in [3.8, 4) is 0 Å². The van der Waals surface area contributed by atoms with Crippen LogP contribution < -0.4 is 5.32 Å². The Kier molecular flexibility index (Phi) is 5.00. The summed E-state index contributed by atoms with van der Waals surface area (Å²) >= 11 is 1.39. The molecule has 5 heteroatoms. The molecule has 0 aliphatic carbocycles. The Morgan fingerprint density at radius 3 is 2.54 bits per heavy atom. The van der Waals surface area contributed by atoms with Crippen molar-refractivity contribution in [1.29, 1.82) is 0 Å². The predicted molar refractivity (Wildman–Crippen MR) is 96.0 cm³/mol. The lowest BCUT2D eigenvalue weighted by Gasteiger charge is -2.33. The Hall–Kier alpha value is -2.14. The fraction of sp³-hybridized carbons (Fsp3) is 0.368. The van der Waals surface area contributed by atoms with Gasteiger partial charge in [-0.15, -0.1) is 11.3 Å². The van der Waals surface area contributed by atoms with Gasteiger partial charge in [0.1, 0.15) is 6.04 Å². The molecule has 1 aromatic carbocycles. The fourth-order valence-corrected chi connectivity index (χ4v) is 3.64. The predicted octanol–water partition coefficient (Wildman–Crippen LogP) is 3.09. The number of nitrogens with one attached hydrogen (secondary N) is 1. The van der Waals surface area contributed by atoms with Crippen LogP contribution in [-0.2, 0) is 17.8 Å². The molecular weight excluding hydrogens is 320 g/mol. The highest BCUT2D eigenvalue weighted by atomic mass is 32.1. The van der Waals surface area contributed by atoms with Gasteiger partial charge in [0.25, 0.3) is 5.91 Å². The second kappa shape index (κ2) is 7.18. The minimum Gasteiger partial charge on any atom is -0.339 e. The lowest BCUT2D eigenvalue weighted by molar-refractivity contribution is -0.135. The molecule has 4 nitrogen and oxygen atoms in total. The van der Waals surface area contributed by atoms with Crippen molar-refractivity contribution in [1.82, 2.24) is 10.2 Å². The van der Waals surface area contributed by atoms with Crippen LogP contribution in [0.2, 0.25) is 0 Å².